The molecule has 1 saturated heterocycles. The Bertz CT molecular complexity index is 255. The van der Waals surface area contributed by atoms with Gasteiger partial charge in [-0.2, -0.15) is 0 Å². The molecule has 1 aliphatic heterocycles. The minimum Gasteiger partial charge on any atom is -0.383 e. The van der Waals surface area contributed by atoms with Crippen LogP contribution in [0.2, 0.25) is 0 Å². The number of halogens is 1. The molecule has 1 unspecified atom stereocenters. The fourth-order valence-electron chi connectivity index (χ4n) is 2.31. The Morgan fingerprint density at radius 3 is 2.68 bits per heavy atom. The zero-order valence-corrected chi connectivity index (χ0v) is 14.7. The van der Waals surface area contributed by atoms with E-state index in [2.05, 4.69) is 22.3 Å². The summed E-state index contributed by atoms with van der Waals surface area (Å²) in [4.78, 5) is 6.76. The Labute approximate surface area is 134 Å². The van der Waals surface area contributed by atoms with Gasteiger partial charge in [0.1, 0.15) is 0 Å². The molecule has 0 bridgehead atoms. The summed E-state index contributed by atoms with van der Waals surface area (Å²) in [5.41, 5.74) is 5.82. The lowest BCUT2D eigenvalue weighted by Gasteiger charge is -2.28. The standard InChI is InChI=1S/C13H28N4O.HI/c1-11(10-18-3)16-13(14)15-7-4-12-5-8-17(2)9-6-12;/h11-12H,4-10H2,1-3H3,(H3,14,15,16);1H. The number of guanidine groups is 1. The van der Waals surface area contributed by atoms with E-state index in [-0.39, 0.29) is 30.0 Å². The number of hydrogen-bond acceptors (Lipinski definition) is 3. The summed E-state index contributed by atoms with van der Waals surface area (Å²) in [5, 5.41) is 3.12. The summed E-state index contributed by atoms with van der Waals surface area (Å²) in [6, 6.07) is 0.210. The van der Waals surface area contributed by atoms with Crippen LogP contribution in [-0.2, 0) is 4.74 Å². The number of likely N-dealkylation sites (tertiary alicyclic amines) is 1. The first-order valence-electron chi connectivity index (χ1n) is 6.85. The first-order chi connectivity index (χ1) is 8.61. The van der Waals surface area contributed by atoms with Gasteiger partial charge in [-0.05, 0) is 52.2 Å². The van der Waals surface area contributed by atoms with Gasteiger partial charge in [0, 0.05) is 19.7 Å². The average molecular weight is 384 g/mol. The molecule has 0 aliphatic carbocycles. The van der Waals surface area contributed by atoms with Gasteiger partial charge < -0.3 is 20.7 Å². The fourth-order valence-corrected chi connectivity index (χ4v) is 2.31. The van der Waals surface area contributed by atoms with E-state index in [4.69, 9.17) is 10.5 Å². The van der Waals surface area contributed by atoms with Gasteiger partial charge in [-0.1, -0.05) is 0 Å². The summed E-state index contributed by atoms with van der Waals surface area (Å²) < 4.78 is 5.04. The third-order valence-corrected chi connectivity index (χ3v) is 3.47. The molecule has 1 aliphatic rings. The number of ether oxygens (including phenoxy) is 1. The van der Waals surface area contributed by atoms with Crippen molar-refractivity contribution in [2.75, 3.05) is 40.4 Å². The first-order valence-corrected chi connectivity index (χ1v) is 6.85. The number of nitrogens with one attached hydrogen (secondary N) is 1. The van der Waals surface area contributed by atoms with Crippen molar-refractivity contribution >= 4 is 29.9 Å². The van der Waals surface area contributed by atoms with Crippen LogP contribution in [0.4, 0.5) is 0 Å². The minimum absolute atomic E-state index is 0. The van der Waals surface area contributed by atoms with Crippen molar-refractivity contribution in [2.45, 2.75) is 32.2 Å². The summed E-state index contributed by atoms with van der Waals surface area (Å²) in [5.74, 6) is 1.35. The fraction of sp³-hybridized carbons (Fsp3) is 0.923. The van der Waals surface area contributed by atoms with Crippen molar-refractivity contribution < 1.29 is 4.74 Å². The van der Waals surface area contributed by atoms with Crippen LogP contribution >= 0.6 is 24.0 Å². The van der Waals surface area contributed by atoms with Crippen LogP contribution < -0.4 is 11.1 Å². The van der Waals surface area contributed by atoms with E-state index in [0.717, 1.165) is 18.9 Å². The van der Waals surface area contributed by atoms with Crippen LogP contribution in [0.15, 0.2) is 4.99 Å². The lowest BCUT2D eigenvalue weighted by Crippen LogP contribution is -2.40. The second-order valence-electron chi connectivity index (χ2n) is 5.30. The maximum Gasteiger partial charge on any atom is 0.188 e. The Balaban J connectivity index is 0.00000324. The lowest BCUT2D eigenvalue weighted by molar-refractivity contribution is 0.179. The van der Waals surface area contributed by atoms with Gasteiger partial charge in [0.25, 0.3) is 0 Å². The van der Waals surface area contributed by atoms with Crippen LogP contribution in [-0.4, -0.2) is 57.3 Å². The monoisotopic (exact) mass is 384 g/mol. The van der Waals surface area contributed by atoms with Crippen LogP contribution in [0.25, 0.3) is 0 Å². The van der Waals surface area contributed by atoms with E-state index < -0.39 is 0 Å². The highest BCUT2D eigenvalue weighted by molar-refractivity contribution is 14.0. The number of hydrogen-bond donors (Lipinski definition) is 2. The molecule has 0 saturated carbocycles. The molecule has 1 heterocycles. The van der Waals surface area contributed by atoms with Crippen molar-refractivity contribution in [1.29, 1.82) is 0 Å². The van der Waals surface area contributed by atoms with Crippen LogP contribution in [0, 0.1) is 5.92 Å². The van der Waals surface area contributed by atoms with Crippen LogP contribution in [0.5, 0.6) is 0 Å². The van der Waals surface area contributed by atoms with E-state index in [0.29, 0.717) is 12.6 Å². The average Bonchev–Trinajstić information content (AvgIpc) is 2.32. The second-order valence-corrected chi connectivity index (χ2v) is 5.30. The smallest absolute Gasteiger partial charge is 0.188 e. The number of nitrogens with zero attached hydrogens (tertiary/aromatic N) is 2. The molecule has 0 amide bonds. The molecule has 1 rings (SSSR count). The predicted octanol–water partition coefficient (Wildman–Crippen LogP) is 1.28. The van der Waals surface area contributed by atoms with E-state index in [1.807, 2.05) is 6.92 Å². The van der Waals surface area contributed by atoms with Crippen molar-refractivity contribution in [3.05, 3.63) is 0 Å². The zero-order chi connectivity index (χ0) is 13.4. The molecule has 0 spiro atoms. The highest BCUT2D eigenvalue weighted by Crippen LogP contribution is 2.19. The van der Waals surface area contributed by atoms with Crippen molar-refractivity contribution in [2.24, 2.45) is 16.6 Å². The predicted molar refractivity (Wildman–Crippen MR) is 91.2 cm³/mol. The third kappa shape index (κ3) is 8.65. The SMILES string of the molecule is COCC(C)NC(N)=NCCC1CCN(C)CC1.I. The maximum atomic E-state index is 5.82. The summed E-state index contributed by atoms with van der Waals surface area (Å²) in [6.45, 7) is 5.93. The molecular weight excluding hydrogens is 355 g/mol. The van der Waals surface area contributed by atoms with Gasteiger partial charge in [-0.25, -0.2) is 0 Å². The zero-order valence-electron chi connectivity index (χ0n) is 12.4. The van der Waals surface area contributed by atoms with E-state index in [1.165, 1.54) is 25.9 Å². The van der Waals surface area contributed by atoms with Gasteiger partial charge in [0.2, 0.25) is 0 Å². The van der Waals surface area contributed by atoms with E-state index in [9.17, 15) is 0 Å². The van der Waals surface area contributed by atoms with Crippen LogP contribution in [0.1, 0.15) is 26.2 Å². The molecule has 3 N–H and O–H groups in total. The largest absolute Gasteiger partial charge is 0.383 e. The number of nitrogens with two attached hydrogens (primary N) is 1. The normalized spacial score (nSPS) is 19.8. The summed E-state index contributed by atoms with van der Waals surface area (Å²) in [6.07, 6.45) is 3.73. The van der Waals surface area contributed by atoms with Crippen molar-refractivity contribution in [3.8, 4) is 0 Å². The number of aliphatic imine (C=N–C) groups is 1. The third-order valence-electron chi connectivity index (χ3n) is 3.47. The molecule has 5 nitrogen and oxygen atoms in total. The number of rotatable bonds is 6. The van der Waals surface area contributed by atoms with Gasteiger partial charge in [-0.15, -0.1) is 24.0 Å². The molecule has 0 radical (unpaired) electrons. The molecular formula is C13H29IN4O. The molecule has 114 valence electrons. The molecule has 0 aromatic rings. The summed E-state index contributed by atoms with van der Waals surface area (Å²) in [7, 11) is 3.87. The van der Waals surface area contributed by atoms with Gasteiger partial charge in [-0.3, -0.25) is 4.99 Å². The van der Waals surface area contributed by atoms with Crippen molar-refractivity contribution in [3.63, 3.8) is 0 Å². The number of piperidine rings is 1. The second kappa shape index (κ2) is 10.7. The molecule has 1 atom stereocenters. The Morgan fingerprint density at radius 1 is 1.47 bits per heavy atom. The van der Waals surface area contributed by atoms with Gasteiger partial charge in [0.15, 0.2) is 5.96 Å². The van der Waals surface area contributed by atoms with Crippen molar-refractivity contribution in [1.82, 2.24) is 10.2 Å². The lowest BCUT2D eigenvalue weighted by atomic mass is 9.94. The minimum atomic E-state index is 0. The maximum absolute atomic E-state index is 5.82. The molecule has 0 aromatic carbocycles. The highest BCUT2D eigenvalue weighted by atomic mass is 127. The number of methoxy groups -OCH3 is 1. The Kier molecular flexibility index (Phi) is 10.6. The summed E-state index contributed by atoms with van der Waals surface area (Å²) >= 11 is 0. The van der Waals surface area contributed by atoms with E-state index in [1.54, 1.807) is 7.11 Å². The van der Waals surface area contributed by atoms with Gasteiger partial charge in [0.05, 0.1) is 6.61 Å². The van der Waals surface area contributed by atoms with Crippen LogP contribution in [0.3, 0.4) is 0 Å². The van der Waals surface area contributed by atoms with E-state index >= 15 is 0 Å². The van der Waals surface area contributed by atoms with Gasteiger partial charge >= 0.3 is 0 Å². The quantitative estimate of drug-likeness (QED) is 0.412. The highest BCUT2D eigenvalue weighted by Gasteiger charge is 2.15. The molecule has 0 aromatic heterocycles. The Morgan fingerprint density at radius 2 is 2.11 bits per heavy atom. The Hall–Kier alpha value is -0.0800. The topological polar surface area (TPSA) is 62.9 Å². The first kappa shape index (κ1) is 18.9. The molecule has 19 heavy (non-hydrogen) atoms. The molecule has 6 heteroatoms. The molecule has 1 fully saturated rings.